The van der Waals surface area contributed by atoms with Gasteiger partial charge in [-0.05, 0) is 41.1 Å². The van der Waals surface area contributed by atoms with Crippen molar-refractivity contribution >= 4 is 45.0 Å². The van der Waals surface area contributed by atoms with E-state index in [4.69, 9.17) is 4.42 Å². The van der Waals surface area contributed by atoms with Crippen molar-refractivity contribution in [3.63, 3.8) is 0 Å². The van der Waals surface area contributed by atoms with Crippen LogP contribution in [0.25, 0.3) is 11.5 Å². The van der Waals surface area contributed by atoms with Crippen LogP contribution in [0.4, 0.5) is 11.4 Å². The Kier molecular flexibility index (Phi) is 5.87. The number of hydrogen-bond donors (Lipinski definition) is 1. The predicted molar refractivity (Wildman–Crippen MR) is 104 cm³/mol. The maximum Gasteiger partial charge on any atom is 0.277 e. The molecule has 0 spiro atoms. The van der Waals surface area contributed by atoms with Gasteiger partial charge in [-0.3, -0.25) is 14.9 Å². The third-order valence-electron chi connectivity index (χ3n) is 3.48. The van der Waals surface area contributed by atoms with Gasteiger partial charge in [-0.15, -0.1) is 10.2 Å². The number of amides is 1. The van der Waals surface area contributed by atoms with E-state index in [-0.39, 0.29) is 16.8 Å². The molecule has 0 saturated heterocycles. The number of rotatable bonds is 6. The number of halogens is 1. The molecule has 0 bridgehead atoms. The van der Waals surface area contributed by atoms with E-state index in [9.17, 15) is 14.9 Å². The number of nitrogens with one attached hydrogen (secondary N) is 1. The van der Waals surface area contributed by atoms with Crippen LogP contribution < -0.4 is 5.32 Å². The number of nitro benzene ring substituents is 1. The van der Waals surface area contributed by atoms with Gasteiger partial charge in [0.15, 0.2) is 0 Å². The van der Waals surface area contributed by atoms with Crippen LogP contribution in [0.1, 0.15) is 6.92 Å². The molecule has 1 aromatic heterocycles. The van der Waals surface area contributed by atoms with Crippen molar-refractivity contribution in [3.05, 3.63) is 63.1 Å². The minimum Gasteiger partial charge on any atom is -0.411 e. The van der Waals surface area contributed by atoms with Crippen LogP contribution in [-0.2, 0) is 4.79 Å². The van der Waals surface area contributed by atoms with E-state index in [2.05, 4.69) is 31.4 Å². The van der Waals surface area contributed by atoms with Crippen molar-refractivity contribution in [1.29, 1.82) is 0 Å². The summed E-state index contributed by atoms with van der Waals surface area (Å²) in [6.45, 7) is 1.68. The maximum absolute atomic E-state index is 12.3. The molecule has 1 N–H and O–H groups in total. The van der Waals surface area contributed by atoms with E-state index in [1.165, 1.54) is 18.2 Å². The molecule has 3 aromatic rings. The summed E-state index contributed by atoms with van der Waals surface area (Å²) >= 11 is 4.52. The Morgan fingerprint density at radius 2 is 2.04 bits per heavy atom. The monoisotopic (exact) mass is 448 g/mol. The van der Waals surface area contributed by atoms with E-state index < -0.39 is 10.2 Å². The largest absolute Gasteiger partial charge is 0.411 e. The van der Waals surface area contributed by atoms with Crippen LogP contribution in [0, 0.1) is 10.1 Å². The first-order chi connectivity index (χ1) is 12.9. The van der Waals surface area contributed by atoms with Crippen molar-refractivity contribution < 1.29 is 14.1 Å². The third kappa shape index (κ3) is 4.72. The summed E-state index contributed by atoms with van der Waals surface area (Å²) in [6, 6.07) is 13.2. The van der Waals surface area contributed by atoms with Gasteiger partial charge in [-0.2, -0.15) is 0 Å². The second-order valence-corrected chi connectivity index (χ2v) is 7.56. The van der Waals surface area contributed by atoms with Crippen LogP contribution in [0.3, 0.4) is 0 Å². The smallest absolute Gasteiger partial charge is 0.277 e. The summed E-state index contributed by atoms with van der Waals surface area (Å²) in [7, 11) is 0. The van der Waals surface area contributed by atoms with E-state index >= 15 is 0 Å². The Labute approximate surface area is 166 Å². The summed E-state index contributed by atoms with van der Waals surface area (Å²) < 4.78 is 6.43. The van der Waals surface area contributed by atoms with Crippen LogP contribution in [0.2, 0.25) is 0 Å². The standard InChI is InChI=1S/C17H13BrN4O4S/c1-10(15(23)19-11-5-4-6-12(9-11)22(24)25)27-17-21-20-16(26-17)13-7-2-3-8-14(13)18/h2-10H,1H3,(H,19,23)/t10-/m1/s1. The fourth-order valence-corrected chi connectivity index (χ4v) is 3.28. The van der Waals surface area contributed by atoms with Crippen molar-refractivity contribution in [2.45, 2.75) is 17.4 Å². The Hall–Kier alpha value is -2.72. The van der Waals surface area contributed by atoms with Crippen molar-refractivity contribution in [1.82, 2.24) is 10.2 Å². The van der Waals surface area contributed by atoms with E-state index in [1.54, 1.807) is 13.0 Å². The van der Waals surface area contributed by atoms with Crippen molar-refractivity contribution in [2.24, 2.45) is 0 Å². The van der Waals surface area contributed by atoms with Crippen molar-refractivity contribution in [3.8, 4) is 11.5 Å². The Balaban J connectivity index is 1.66. The first kappa shape index (κ1) is 19.1. The molecule has 0 fully saturated rings. The van der Waals surface area contributed by atoms with Gasteiger partial charge in [0.25, 0.3) is 10.9 Å². The lowest BCUT2D eigenvalue weighted by molar-refractivity contribution is -0.384. The molecule has 3 rings (SSSR count). The van der Waals surface area contributed by atoms with Gasteiger partial charge >= 0.3 is 0 Å². The van der Waals surface area contributed by atoms with Crippen molar-refractivity contribution in [2.75, 3.05) is 5.32 Å². The highest BCUT2D eigenvalue weighted by Crippen LogP contribution is 2.30. The number of anilines is 1. The average Bonchev–Trinajstić information content (AvgIpc) is 3.10. The van der Waals surface area contributed by atoms with Gasteiger partial charge in [-0.1, -0.05) is 30.0 Å². The number of non-ortho nitro benzene ring substituents is 1. The summed E-state index contributed by atoms with van der Waals surface area (Å²) in [4.78, 5) is 22.6. The molecule has 0 aliphatic heterocycles. The summed E-state index contributed by atoms with van der Waals surface area (Å²) in [5.41, 5.74) is 1.01. The van der Waals surface area contributed by atoms with Gasteiger partial charge in [0.05, 0.1) is 15.7 Å². The molecule has 1 atom stereocenters. The molecular formula is C17H13BrN4O4S. The normalized spacial score (nSPS) is 11.8. The molecule has 138 valence electrons. The number of benzene rings is 2. The zero-order chi connectivity index (χ0) is 19.4. The highest BCUT2D eigenvalue weighted by molar-refractivity contribution is 9.10. The molecule has 10 heteroatoms. The minimum absolute atomic E-state index is 0.0944. The average molecular weight is 449 g/mol. The summed E-state index contributed by atoms with van der Waals surface area (Å²) in [5, 5.41) is 21.1. The Bertz CT molecular complexity index is 994. The predicted octanol–water partition coefficient (Wildman–Crippen LogP) is 4.53. The van der Waals surface area contributed by atoms with Crippen LogP contribution in [0.5, 0.6) is 0 Å². The number of hydrogen-bond acceptors (Lipinski definition) is 7. The SMILES string of the molecule is C[C@@H](Sc1nnc(-c2ccccc2Br)o1)C(=O)Nc1cccc([N+](=O)[O-])c1. The molecule has 0 unspecified atom stereocenters. The third-order valence-corrected chi connectivity index (χ3v) is 5.11. The minimum atomic E-state index is -0.545. The molecule has 0 radical (unpaired) electrons. The van der Waals surface area contributed by atoms with E-state index in [0.29, 0.717) is 11.6 Å². The number of carbonyl (C=O) groups excluding carboxylic acids is 1. The fraction of sp³-hybridized carbons (Fsp3) is 0.118. The first-order valence-corrected chi connectivity index (χ1v) is 9.41. The number of nitro groups is 1. The van der Waals surface area contributed by atoms with Gasteiger partial charge < -0.3 is 9.73 Å². The van der Waals surface area contributed by atoms with Crippen LogP contribution >= 0.6 is 27.7 Å². The maximum atomic E-state index is 12.3. The molecular weight excluding hydrogens is 436 g/mol. The molecule has 8 nitrogen and oxygen atoms in total. The lowest BCUT2D eigenvalue weighted by Crippen LogP contribution is -2.22. The number of thioether (sulfide) groups is 1. The molecule has 0 aliphatic carbocycles. The summed E-state index contributed by atoms with van der Waals surface area (Å²) in [6.07, 6.45) is 0. The first-order valence-electron chi connectivity index (χ1n) is 7.74. The lowest BCUT2D eigenvalue weighted by atomic mass is 10.2. The van der Waals surface area contributed by atoms with Gasteiger partial charge in [0.2, 0.25) is 11.8 Å². The van der Waals surface area contributed by atoms with Gasteiger partial charge in [0, 0.05) is 22.3 Å². The second kappa shape index (κ2) is 8.31. The van der Waals surface area contributed by atoms with E-state index in [0.717, 1.165) is 21.8 Å². The fourth-order valence-electron chi connectivity index (χ4n) is 2.15. The molecule has 1 amide bonds. The van der Waals surface area contributed by atoms with E-state index in [1.807, 2.05) is 24.3 Å². The van der Waals surface area contributed by atoms with Gasteiger partial charge in [-0.25, -0.2) is 0 Å². The number of nitrogens with zero attached hydrogens (tertiary/aromatic N) is 3. The second-order valence-electron chi connectivity index (χ2n) is 5.41. The highest BCUT2D eigenvalue weighted by atomic mass is 79.9. The topological polar surface area (TPSA) is 111 Å². The molecule has 0 saturated carbocycles. The molecule has 0 aliphatic rings. The molecule has 1 heterocycles. The number of carbonyl (C=O) groups is 1. The molecule has 27 heavy (non-hydrogen) atoms. The zero-order valence-corrected chi connectivity index (χ0v) is 16.4. The number of aromatic nitrogens is 2. The summed E-state index contributed by atoms with van der Waals surface area (Å²) in [5.74, 6) is 0.0115. The quantitative estimate of drug-likeness (QED) is 0.334. The van der Waals surface area contributed by atoms with Gasteiger partial charge in [0.1, 0.15) is 0 Å². The highest BCUT2D eigenvalue weighted by Gasteiger charge is 2.20. The Morgan fingerprint density at radius 3 is 2.78 bits per heavy atom. The van der Waals surface area contributed by atoms with Crippen LogP contribution in [-0.4, -0.2) is 26.3 Å². The Morgan fingerprint density at radius 1 is 1.26 bits per heavy atom. The lowest BCUT2D eigenvalue weighted by Gasteiger charge is -2.09. The zero-order valence-electron chi connectivity index (χ0n) is 14.0. The molecule has 2 aromatic carbocycles. The van der Waals surface area contributed by atoms with Crippen LogP contribution in [0.15, 0.2) is 62.6 Å².